The normalized spacial score (nSPS) is 18.8. The van der Waals surface area contributed by atoms with Crippen molar-refractivity contribution in [3.8, 4) is 5.75 Å². The number of fused-ring (bicyclic) bond motifs is 1. The summed E-state index contributed by atoms with van der Waals surface area (Å²) >= 11 is 0. The minimum Gasteiger partial charge on any atom is -0.495 e. The number of piperazine rings is 1. The summed E-state index contributed by atoms with van der Waals surface area (Å²) in [5, 5.41) is 1.31. The van der Waals surface area contributed by atoms with Crippen LogP contribution in [0.3, 0.4) is 0 Å². The molecule has 0 atom stereocenters. The average Bonchev–Trinajstić information content (AvgIpc) is 3.11. The van der Waals surface area contributed by atoms with E-state index in [0.29, 0.717) is 54.5 Å². The van der Waals surface area contributed by atoms with Gasteiger partial charge >= 0.3 is 6.18 Å². The van der Waals surface area contributed by atoms with Gasteiger partial charge in [-0.3, -0.25) is 18.8 Å². The fourth-order valence-electron chi connectivity index (χ4n) is 4.26. The van der Waals surface area contributed by atoms with Crippen LogP contribution in [0.4, 0.5) is 13.2 Å². The van der Waals surface area contributed by atoms with E-state index in [-0.39, 0.29) is 17.9 Å². The quantitative estimate of drug-likeness (QED) is 0.640. The molecule has 0 aliphatic carbocycles. The molecule has 10 heteroatoms. The first kappa shape index (κ1) is 23.6. The Hall–Kier alpha value is -2.53. The maximum Gasteiger partial charge on any atom is 0.416 e. The lowest BCUT2D eigenvalue weighted by atomic mass is 10.0. The lowest BCUT2D eigenvalue weighted by molar-refractivity contribution is -0.138. The Morgan fingerprint density at radius 2 is 1.79 bits per heavy atom. The molecule has 2 aliphatic heterocycles. The third kappa shape index (κ3) is 4.74. The summed E-state index contributed by atoms with van der Waals surface area (Å²) in [6.45, 7) is 2.44. The largest absolute Gasteiger partial charge is 0.495 e. The van der Waals surface area contributed by atoms with E-state index in [9.17, 15) is 27.1 Å². The number of carbonyl (C=O) groups is 1. The predicted octanol–water partition coefficient (Wildman–Crippen LogP) is 4.81. The number of alkyl halides is 3. The third-order valence-electron chi connectivity index (χ3n) is 6.02. The van der Waals surface area contributed by atoms with Crippen LogP contribution in [0.15, 0.2) is 46.7 Å². The van der Waals surface area contributed by atoms with Gasteiger partial charge in [0.2, 0.25) is 0 Å². The van der Waals surface area contributed by atoms with Crippen LogP contribution < -0.4 is 4.74 Å². The van der Waals surface area contributed by atoms with Gasteiger partial charge in [0.25, 0.3) is 5.91 Å². The van der Waals surface area contributed by atoms with Crippen molar-refractivity contribution in [3.05, 3.63) is 64.1 Å². The van der Waals surface area contributed by atoms with E-state index in [1.54, 1.807) is 23.1 Å². The second-order valence-electron chi connectivity index (χ2n) is 7.99. The maximum absolute atomic E-state index is 13.2. The highest BCUT2D eigenvalue weighted by molar-refractivity contribution is 8.27. The summed E-state index contributed by atoms with van der Waals surface area (Å²) < 4.78 is 65.2. The van der Waals surface area contributed by atoms with Crippen molar-refractivity contribution in [1.29, 1.82) is 0 Å². The number of rotatable bonds is 5. The van der Waals surface area contributed by atoms with Gasteiger partial charge in [0.1, 0.15) is 5.75 Å². The van der Waals surface area contributed by atoms with E-state index in [1.165, 1.54) is 30.7 Å². The molecule has 6 nitrogen and oxygen atoms in total. The zero-order chi connectivity index (χ0) is 23.8. The first-order valence-electron chi connectivity index (χ1n) is 10.5. The summed E-state index contributed by atoms with van der Waals surface area (Å²) in [5.74, 6) is 0.0749. The van der Waals surface area contributed by atoms with Gasteiger partial charge in [-0.25, -0.2) is 0 Å². The molecule has 1 saturated heterocycles. The van der Waals surface area contributed by atoms with Crippen molar-refractivity contribution in [2.24, 2.45) is 0 Å². The highest BCUT2D eigenvalue weighted by Gasteiger charge is 2.33. The number of ether oxygens (including phenoxy) is 1. The Kier molecular flexibility index (Phi) is 6.45. The molecule has 4 rings (SSSR count). The number of amides is 1. The predicted molar refractivity (Wildman–Crippen MR) is 121 cm³/mol. The molecule has 2 aromatic rings. The Morgan fingerprint density at radius 3 is 2.45 bits per heavy atom. The molecule has 0 radical (unpaired) electrons. The smallest absolute Gasteiger partial charge is 0.416 e. The standard InChI is InChI=1S/C23H25F3N2O4S/c1-32-21-17-9-15-33(30,31)20(17)7-6-18(21)22(29)28-13-11-27(12-14-28)10-8-16-4-2-3-5-19(16)23(24,25)26/h2-7,9,15,30-31H,8,10-14H2,1H3. The van der Waals surface area contributed by atoms with Crippen LogP contribution in [0.2, 0.25) is 0 Å². The number of methoxy groups -OCH3 is 1. The van der Waals surface area contributed by atoms with Crippen LogP contribution >= 0.6 is 10.6 Å². The van der Waals surface area contributed by atoms with Crippen LogP contribution in [-0.2, 0) is 12.6 Å². The fraction of sp³-hybridized carbons (Fsp3) is 0.348. The Balaban J connectivity index is 1.39. The van der Waals surface area contributed by atoms with E-state index in [4.69, 9.17) is 4.74 Å². The number of halogens is 3. The van der Waals surface area contributed by atoms with Crippen LogP contribution in [0, 0.1) is 0 Å². The molecule has 0 spiro atoms. The zero-order valence-electron chi connectivity index (χ0n) is 18.0. The lowest BCUT2D eigenvalue weighted by Gasteiger charge is -2.35. The Labute approximate surface area is 191 Å². The van der Waals surface area contributed by atoms with Crippen LogP contribution in [0.25, 0.3) is 6.08 Å². The SMILES string of the molecule is COc1c(C(=O)N2CCN(CCc3ccccc3C(F)(F)F)CC2)ccc2c1C=CS2(O)O. The first-order chi connectivity index (χ1) is 15.6. The molecule has 0 unspecified atom stereocenters. The molecule has 178 valence electrons. The number of hydrogen-bond donors (Lipinski definition) is 2. The fourth-order valence-corrected chi connectivity index (χ4v) is 5.49. The summed E-state index contributed by atoms with van der Waals surface area (Å²) in [6.07, 6.45) is -2.54. The van der Waals surface area contributed by atoms with E-state index in [1.807, 2.05) is 0 Å². The van der Waals surface area contributed by atoms with Gasteiger partial charge in [0.05, 0.1) is 23.1 Å². The number of carbonyl (C=O) groups excluding carboxylic acids is 1. The lowest BCUT2D eigenvalue weighted by Crippen LogP contribution is -2.49. The second kappa shape index (κ2) is 9.02. The molecule has 2 heterocycles. The molecule has 2 N–H and O–H groups in total. The van der Waals surface area contributed by atoms with Gasteiger partial charge < -0.3 is 9.64 Å². The van der Waals surface area contributed by atoms with Crippen molar-refractivity contribution < 1.29 is 31.8 Å². The van der Waals surface area contributed by atoms with Gasteiger partial charge in [-0.2, -0.15) is 13.2 Å². The summed E-state index contributed by atoms with van der Waals surface area (Å²) in [5.41, 5.74) is 0.495. The van der Waals surface area contributed by atoms with Gasteiger partial charge in [-0.15, -0.1) is 10.6 Å². The minimum absolute atomic E-state index is 0.228. The van der Waals surface area contributed by atoms with Crippen LogP contribution in [0.5, 0.6) is 5.75 Å². The molecule has 2 aliphatic rings. The van der Waals surface area contributed by atoms with Crippen molar-refractivity contribution in [2.75, 3.05) is 39.8 Å². The number of hydrogen-bond acceptors (Lipinski definition) is 5. The first-order valence-corrected chi connectivity index (χ1v) is 12.1. The van der Waals surface area contributed by atoms with Gasteiger partial charge in [-0.1, -0.05) is 18.2 Å². The maximum atomic E-state index is 13.2. The minimum atomic E-state index is -4.38. The molecule has 0 saturated carbocycles. The van der Waals surface area contributed by atoms with Crippen molar-refractivity contribution in [3.63, 3.8) is 0 Å². The highest BCUT2D eigenvalue weighted by Crippen LogP contribution is 2.58. The van der Waals surface area contributed by atoms with Crippen molar-refractivity contribution >= 4 is 22.6 Å². The van der Waals surface area contributed by atoms with Crippen LogP contribution in [0.1, 0.15) is 27.0 Å². The highest BCUT2D eigenvalue weighted by atomic mass is 32.3. The van der Waals surface area contributed by atoms with Crippen molar-refractivity contribution in [2.45, 2.75) is 17.5 Å². The molecule has 1 amide bonds. The zero-order valence-corrected chi connectivity index (χ0v) is 18.8. The van der Waals surface area contributed by atoms with E-state index >= 15 is 0 Å². The van der Waals surface area contributed by atoms with E-state index in [2.05, 4.69) is 4.90 Å². The average molecular weight is 483 g/mol. The molecular formula is C23H25F3N2O4S. The van der Waals surface area contributed by atoms with Gasteiger partial charge in [-0.05, 0) is 36.3 Å². The molecule has 2 aromatic carbocycles. The monoisotopic (exact) mass is 482 g/mol. The van der Waals surface area contributed by atoms with Crippen LogP contribution in [-0.4, -0.2) is 64.6 Å². The van der Waals surface area contributed by atoms with Gasteiger partial charge in [0.15, 0.2) is 0 Å². The third-order valence-corrected chi connectivity index (χ3v) is 7.54. The Bertz CT molecular complexity index is 1080. The van der Waals surface area contributed by atoms with Gasteiger partial charge in [0, 0.05) is 43.7 Å². The van der Waals surface area contributed by atoms with E-state index < -0.39 is 22.3 Å². The Morgan fingerprint density at radius 1 is 1.09 bits per heavy atom. The molecule has 1 fully saturated rings. The van der Waals surface area contributed by atoms with Crippen molar-refractivity contribution in [1.82, 2.24) is 9.80 Å². The van der Waals surface area contributed by atoms with E-state index in [0.717, 1.165) is 6.07 Å². The summed E-state index contributed by atoms with van der Waals surface area (Å²) in [6, 6.07) is 8.69. The topological polar surface area (TPSA) is 73.2 Å². The summed E-state index contributed by atoms with van der Waals surface area (Å²) in [4.78, 5) is 17.2. The molecular weight excluding hydrogens is 457 g/mol. The summed E-state index contributed by atoms with van der Waals surface area (Å²) in [7, 11) is -1.59. The number of nitrogens with zero attached hydrogens (tertiary/aromatic N) is 2. The number of benzene rings is 2. The molecule has 0 aromatic heterocycles. The molecule has 0 bridgehead atoms. The molecule has 33 heavy (non-hydrogen) atoms. The second-order valence-corrected chi connectivity index (χ2v) is 9.89.